The topological polar surface area (TPSA) is 83.9 Å². The molecular weight excluding hydrogens is 462 g/mol. The first-order valence-electron chi connectivity index (χ1n) is 12.2. The van der Waals surface area contributed by atoms with Crippen molar-refractivity contribution in [3.8, 4) is 0 Å². The number of cyclic esters (lactones) is 1. The predicted molar refractivity (Wildman–Crippen MR) is 139 cm³/mol. The minimum atomic E-state index is -3.68. The van der Waals surface area contributed by atoms with Gasteiger partial charge in [0, 0.05) is 7.05 Å². The third-order valence-electron chi connectivity index (χ3n) is 6.57. The largest absolute Gasteiger partial charge is 0.507 e. The minimum Gasteiger partial charge on any atom is -0.507 e. The Bertz CT molecular complexity index is 1180. The lowest BCUT2D eigenvalue weighted by atomic mass is 9.78. The number of aliphatic hydroxyl groups excluding tert-OH is 1. The molecule has 0 atom stereocenters. The summed E-state index contributed by atoms with van der Waals surface area (Å²) in [6.07, 6.45) is 3.79. The van der Waals surface area contributed by atoms with E-state index in [-0.39, 0.29) is 16.1 Å². The summed E-state index contributed by atoms with van der Waals surface area (Å²) < 4.78 is 33.1. The van der Waals surface area contributed by atoms with Gasteiger partial charge in [0.1, 0.15) is 5.76 Å². The second kappa shape index (κ2) is 10.4. The highest BCUT2D eigenvalue weighted by molar-refractivity contribution is 7.92. The summed E-state index contributed by atoms with van der Waals surface area (Å²) in [5, 5.41) is 11.0. The number of rotatable bonds is 11. The van der Waals surface area contributed by atoms with E-state index in [4.69, 9.17) is 4.74 Å². The van der Waals surface area contributed by atoms with E-state index in [1.807, 2.05) is 45.9 Å². The number of aliphatic hydroxyl groups is 1. The van der Waals surface area contributed by atoms with Crippen LogP contribution in [0, 0.1) is 5.41 Å². The van der Waals surface area contributed by atoms with Crippen LogP contribution in [0.15, 0.2) is 70.8 Å². The standard InChI is InChI=1S/C28H37NO5S/c1-6-16-28(17-7-2)25(30)24(26(31)34-28)20-27(3,4)19-21-12-11-13-22(18-21)29(5)35(32,33)23-14-9-8-10-15-23/h8-15,18,30H,6-7,16-17,19-20H2,1-5H3. The first kappa shape index (κ1) is 26.8. The Morgan fingerprint density at radius 1 is 0.971 bits per heavy atom. The van der Waals surface area contributed by atoms with Crippen molar-refractivity contribution in [2.24, 2.45) is 5.41 Å². The molecule has 1 heterocycles. The second-order valence-electron chi connectivity index (χ2n) is 10.2. The van der Waals surface area contributed by atoms with E-state index in [1.54, 1.807) is 43.4 Å². The quantitative estimate of drug-likeness (QED) is 0.373. The van der Waals surface area contributed by atoms with Crippen LogP contribution in [-0.4, -0.2) is 32.1 Å². The Balaban J connectivity index is 1.82. The molecule has 0 spiro atoms. The zero-order valence-electron chi connectivity index (χ0n) is 21.4. The molecule has 35 heavy (non-hydrogen) atoms. The van der Waals surface area contributed by atoms with Crippen LogP contribution in [0.25, 0.3) is 0 Å². The molecule has 0 fully saturated rings. The fourth-order valence-electron chi connectivity index (χ4n) is 4.93. The summed E-state index contributed by atoms with van der Waals surface area (Å²) in [6.45, 7) is 8.11. The van der Waals surface area contributed by atoms with Crippen molar-refractivity contribution in [2.75, 3.05) is 11.4 Å². The maximum Gasteiger partial charge on any atom is 0.338 e. The number of carbonyl (C=O) groups excluding carboxylic acids is 1. The highest BCUT2D eigenvalue weighted by atomic mass is 32.2. The third-order valence-corrected chi connectivity index (χ3v) is 8.37. The molecule has 6 nitrogen and oxygen atoms in total. The van der Waals surface area contributed by atoms with Crippen LogP contribution in [0.1, 0.15) is 65.4 Å². The summed E-state index contributed by atoms with van der Waals surface area (Å²) in [7, 11) is -2.13. The number of nitrogens with zero attached hydrogens (tertiary/aromatic N) is 1. The molecule has 2 aromatic rings. The summed E-state index contributed by atoms with van der Waals surface area (Å²) in [6, 6.07) is 15.8. The molecule has 0 amide bonds. The molecule has 1 aliphatic rings. The summed E-state index contributed by atoms with van der Waals surface area (Å²) in [4.78, 5) is 13.0. The molecule has 1 N–H and O–H groups in total. The Labute approximate surface area is 209 Å². The van der Waals surface area contributed by atoms with Gasteiger partial charge in [-0.2, -0.15) is 0 Å². The van der Waals surface area contributed by atoms with Gasteiger partial charge in [-0.1, -0.05) is 70.9 Å². The number of hydrogen-bond acceptors (Lipinski definition) is 5. The predicted octanol–water partition coefficient (Wildman–Crippen LogP) is 6.18. The van der Waals surface area contributed by atoms with E-state index in [9.17, 15) is 18.3 Å². The number of anilines is 1. The van der Waals surface area contributed by atoms with E-state index in [2.05, 4.69) is 0 Å². The first-order chi connectivity index (χ1) is 16.5. The number of carbonyl (C=O) groups is 1. The molecule has 0 radical (unpaired) electrons. The number of hydrogen-bond donors (Lipinski definition) is 1. The van der Waals surface area contributed by atoms with Crippen molar-refractivity contribution < 1.29 is 23.1 Å². The Kier molecular flexibility index (Phi) is 8.00. The van der Waals surface area contributed by atoms with E-state index in [1.165, 1.54) is 4.31 Å². The molecule has 0 aliphatic carbocycles. The Morgan fingerprint density at radius 2 is 1.60 bits per heavy atom. The molecular formula is C28H37NO5S. The Morgan fingerprint density at radius 3 is 2.20 bits per heavy atom. The van der Waals surface area contributed by atoms with Gasteiger partial charge in [0.2, 0.25) is 0 Å². The number of ether oxygens (including phenoxy) is 1. The van der Waals surface area contributed by atoms with Gasteiger partial charge < -0.3 is 9.84 Å². The molecule has 0 bridgehead atoms. The lowest BCUT2D eigenvalue weighted by Crippen LogP contribution is -2.31. The van der Waals surface area contributed by atoms with Gasteiger partial charge in [-0.25, -0.2) is 13.2 Å². The molecule has 0 saturated heterocycles. The van der Waals surface area contributed by atoms with Crippen LogP contribution in [0.2, 0.25) is 0 Å². The van der Waals surface area contributed by atoms with Crippen molar-refractivity contribution >= 4 is 21.7 Å². The zero-order chi connectivity index (χ0) is 25.9. The fourth-order valence-corrected chi connectivity index (χ4v) is 6.14. The lowest BCUT2D eigenvalue weighted by molar-refractivity contribution is -0.149. The summed E-state index contributed by atoms with van der Waals surface area (Å²) >= 11 is 0. The van der Waals surface area contributed by atoms with Crippen molar-refractivity contribution in [3.05, 3.63) is 71.5 Å². The first-order valence-corrected chi connectivity index (χ1v) is 13.7. The van der Waals surface area contributed by atoms with Crippen molar-refractivity contribution in [2.45, 2.75) is 76.7 Å². The molecule has 2 aromatic carbocycles. The molecule has 0 aromatic heterocycles. The average Bonchev–Trinajstić information content (AvgIpc) is 3.03. The molecule has 1 aliphatic heterocycles. The maximum atomic E-state index is 13.0. The smallest absolute Gasteiger partial charge is 0.338 e. The SMILES string of the molecule is CCCC1(CCC)OC(=O)C(CC(C)(C)Cc2cccc(N(C)S(=O)(=O)c3ccccc3)c2)=C1O. The van der Waals surface area contributed by atoms with E-state index >= 15 is 0 Å². The summed E-state index contributed by atoms with van der Waals surface area (Å²) in [5.41, 5.74) is 0.598. The van der Waals surface area contributed by atoms with Crippen molar-refractivity contribution in [1.29, 1.82) is 0 Å². The van der Waals surface area contributed by atoms with E-state index in [0.29, 0.717) is 36.9 Å². The average molecular weight is 500 g/mol. The Hall–Kier alpha value is -2.80. The van der Waals surface area contributed by atoms with Gasteiger partial charge in [-0.15, -0.1) is 0 Å². The van der Waals surface area contributed by atoms with Crippen LogP contribution in [0.3, 0.4) is 0 Å². The number of benzene rings is 2. The van der Waals surface area contributed by atoms with Crippen molar-refractivity contribution in [3.63, 3.8) is 0 Å². The molecule has 0 saturated carbocycles. The maximum absolute atomic E-state index is 13.0. The lowest BCUT2D eigenvalue weighted by Gasteiger charge is -2.27. The fraction of sp³-hybridized carbons (Fsp3) is 0.464. The van der Waals surface area contributed by atoms with Gasteiger partial charge in [-0.3, -0.25) is 4.31 Å². The normalized spacial score (nSPS) is 15.9. The van der Waals surface area contributed by atoms with Crippen LogP contribution in [0.5, 0.6) is 0 Å². The van der Waals surface area contributed by atoms with Gasteiger partial charge in [0.15, 0.2) is 5.60 Å². The van der Waals surface area contributed by atoms with Crippen LogP contribution in [0.4, 0.5) is 5.69 Å². The number of esters is 1. The van der Waals surface area contributed by atoms with Gasteiger partial charge >= 0.3 is 5.97 Å². The van der Waals surface area contributed by atoms with Gasteiger partial charge in [0.25, 0.3) is 10.0 Å². The second-order valence-corrected chi connectivity index (χ2v) is 12.2. The zero-order valence-corrected chi connectivity index (χ0v) is 22.2. The van der Waals surface area contributed by atoms with E-state index in [0.717, 1.165) is 18.4 Å². The van der Waals surface area contributed by atoms with Gasteiger partial charge in [0.05, 0.1) is 16.2 Å². The number of sulfonamides is 1. The monoisotopic (exact) mass is 499 g/mol. The van der Waals surface area contributed by atoms with Crippen LogP contribution >= 0.6 is 0 Å². The van der Waals surface area contributed by atoms with Crippen LogP contribution in [-0.2, 0) is 26.0 Å². The molecule has 190 valence electrons. The highest BCUT2D eigenvalue weighted by Crippen LogP contribution is 2.43. The summed E-state index contributed by atoms with van der Waals surface area (Å²) in [5.74, 6) is -0.346. The minimum absolute atomic E-state index is 0.0849. The molecule has 3 rings (SSSR count). The van der Waals surface area contributed by atoms with E-state index < -0.39 is 21.6 Å². The third kappa shape index (κ3) is 5.72. The highest BCUT2D eigenvalue weighted by Gasteiger charge is 2.47. The molecule has 0 unspecified atom stereocenters. The van der Waals surface area contributed by atoms with Crippen molar-refractivity contribution in [1.82, 2.24) is 0 Å². The molecule has 7 heteroatoms. The van der Waals surface area contributed by atoms with Crippen LogP contribution < -0.4 is 4.31 Å². The van der Waals surface area contributed by atoms with Gasteiger partial charge in [-0.05, 0) is 60.9 Å².